The second kappa shape index (κ2) is 9.65. The van der Waals surface area contributed by atoms with Gasteiger partial charge in [-0.25, -0.2) is 0 Å². The number of phenols is 1. The largest absolute Gasteiger partial charge is 0.505 e. The summed E-state index contributed by atoms with van der Waals surface area (Å²) in [4.78, 5) is 23.1. The van der Waals surface area contributed by atoms with Crippen LogP contribution in [0.15, 0.2) is 12.1 Å². The van der Waals surface area contributed by atoms with Crippen LogP contribution in [0.2, 0.25) is 0 Å². The Balaban J connectivity index is 2.58. The molecule has 0 spiro atoms. The highest BCUT2D eigenvalue weighted by atomic mass is 16.5. The van der Waals surface area contributed by atoms with E-state index in [2.05, 4.69) is 5.32 Å². The number of ether oxygens (including phenoxy) is 3. The predicted molar refractivity (Wildman–Crippen MR) is 83.7 cm³/mol. The lowest BCUT2D eigenvalue weighted by Crippen LogP contribution is -2.21. The Hall–Kier alpha value is -2.32. The highest BCUT2D eigenvalue weighted by Crippen LogP contribution is 2.34. The number of carbonyl (C=O) groups is 2. The monoisotopic (exact) mass is 326 g/mol. The van der Waals surface area contributed by atoms with Gasteiger partial charge in [0.2, 0.25) is 5.91 Å². The molecule has 0 fully saturated rings. The molecule has 0 aliphatic heterocycles. The molecule has 1 aromatic rings. The molecule has 128 valence electrons. The van der Waals surface area contributed by atoms with E-state index in [1.807, 2.05) is 6.92 Å². The Morgan fingerprint density at radius 3 is 2.52 bits per heavy atom. The van der Waals surface area contributed by atoms with E-state index in [4.69, 9.17) is 19.9 Å². The van der Waals surface area contributed by atoms with E-state index < -0.39 is 17.6 Å². The van der Waals surface area contributed by atoms with Crippen molar-refractivity contribution in [2.75, 3.05) is 38.9 Å². The van der Waals surface area contributed by atoms with Gasteiger partial charge in [-0.15, -0.1) is 0 Å². The van der Waals surface area contributed by atoms with Crippen LogP contribution in [0, 0.1) is 0 Å². The first-order chi connectivity index (χ1) is 11.0. The zero-order valence-corrected chi connectivity index (χ0v) is 13.3. The van der Waals surface area contributed by atoms with Crippen molar-refractivity contribution in [2.24, 2.45) is 5.73 Å². The predicted octanol–water partition coefficient (Wildman–Crippen LogP) is 0.881. The Bertz CT molecular complexity index is 547. The summed E-state index contributed by atoms with van der Waals surface area (Å²) >= 11 is 0. The average Bonchev–Trinajstić information content (AvgIpc) is 2.52. The number of hydrogen-bond acceptors (Lipinski definition) is 6. The quantitative estimate of drug-likeness (QED) is 0.434. The fourth-order valence-electron chi connectivity index (χ4n) is 1.80. The van der Waals surface area contributed by atoms with Crippen molar-refractivity contribution in [3.05, 3.63) is 17.7 Å². The number of anilines is 1. The summed E-state index contributed by atoms with van der Waals surface area (Å²) in [5.41, 5.74) is 5.05. The first kappa shape index (κ1) is 18.7. The first-order valence-corrected chi connectivity index (χ1v) is 7.16. The highest BCUT2D eigenvalue weighted by Gasteiger charge is 2.19. The van der Waals surface area contributed by atoms with E-state index in [9.17, 15) is 14.7 Å². The number of nitrogens with one attached hydrogen (secondary N) is 1. The van der Waals surface area contributed by atoms with Crippen molar-refractivity contribution in [3.8, 4) is 11.5 Å². The normalized spacial score (nSPS) is 10.3. The topological polar surface area (TPSA) is 120 Å². The lowest BCUT2D eigenvalue weighted by Gasteiger charge is -2.13. The van der Waals surface area contributed by atoms with Crippen molar-refractivity contribution in [1.29, 1.82) is 0 Å². The molecule has 0 bridgehead atoms. The van der Waals surface area contributed by atoms with Crippen molar-refractivity contribution < 1.29 is 28.9 Å². The van der Waals surface area contributed by atoms with Crippen LogP contribution in [0.3, 0.4) is 0 Å². The summed E-state index contributed by atoms with van der Waals surface area (Å²) in [6, 6.07) is 2.83. The Morgan fingerprint density at radius 2 is 1.91 bits per heavy atom. The number of primary amides is 1. The third kappa shape index (κ3) is 5.76. The van der Waals surface area contributed by atoms with E-state index in [0.29, 0.717) is 13.2 Å². The van der Waals surface area contributed by atoms with E-state index in [0.717, 1.165) is 6.42 Å². The van der Waals surface area contributed by atoms with Crippen molar-refractivity contribution >= 4 is 17.5 Å². The molecule has 8 heteroatoms. The van der Waals surface area contributed by atoms with Crippen LogP contribution in [0.4, 0.5) is 5.69 Å². The standard InChI is InChI=1S/C15H22N2O6/c1-3-6-22-7-8-23-9-12(18)17-10-4-5-11(21-2)13(14(10)19)15(16)20/h4-5,19H,3,6-9H2,1-2H3,(H2,16,20)(H,17,18). The number of carbonyl (C=O) groups excluding carboxylic acids is 2. The zero-order chi connectivity index (χ0) is 17.2. The minimum absolute atomic E-state index is 0.0513. The Morgan fingerprint density at radius 1 is 1.22 bits per heavy atom. The first-order valence-electron chi connectivity index (χ1n) is 7.16. The third-order valence-corrected chi connectivity index (χ3v) is 2.83. The van der Waals surface area contributed by atoms with Gasteiger partial charge in [-0.1, -0.05) is 6.92 Å². The van der Waals surface area contributed by atoms with Gasteiger partial charge in [0, 0.05) is 6.61 Å². The molecule has 0 unspecified atom stereocenters. The average molecular weight is 326 g/mol. The number of rotatable bonds is 10. The lowest BCUT2D eigenvalue weighted by atomic mass is 10.1. The molecule has 0 heterocycles. The molecule has 0 radical (unpaired) electrons. The molecule has 0 saturated heterocycles. The second-order valence-electron chi connectivity index (χ2n) is 4.62. The maximum absolute atomic E-state index is 11.8. The van der Waals surface area contributed by atoms with E-state index in [1.54, 1.807) is 0 Å². The van der Waals surface area contributed by atoms with Gasteiger partial charge in [-0.05, 0) is 18.6 Å². The summed E-state index contributed by atoms with van der Waals surface area (Å²) < 4.78 is 15.3. The van der Waals surface area contributed by atoms with Gasteiger partial charge >= 0.3 is 0 Å². The SMILES string of the molecule is CCCOCCOCC(=O)Nc1ccc(OC)c(C(N)=O)c1O. The lowest BCUT2D eigenvalue weighted by molar-refractivity contribution is -0.121. The summed E-state index contributed by atoms with van der Waals surface area (Å²) in [6.07, 6.45) is 0.916. The molecule has 4 N–H and O–H groups in total. The van der Waals surface area contributed by atoms with Gasteiger partial charge in [-0.2, -0.15) is 0 Å². The summed E-state index contributed by atoms with van der Waals surface area (Å²) in [6.45, 7) is 3.13. The molecule has 23 heavy (non-hydrogen) atoms. The molecule has 0 aliphatic carbocycles. The van der Waals surface area contributed by atoms with Crippen molar-refractivity contribution in [1.82, 2.24) is 0 Å². The maximum atomic E-state index is 11.8. The van der Waals surface area contributed by atoms with Gasteiger partial charge in [0.1, 0.15) is 17.9 Å². The second-order valence-corrected chi connectivity index (χ2v) is 4.62. The number of hydrogen-bond donors (Lipinski definition) is 3. The number of benzene rings is 1. The third-order valence-electron chi connectivity index (χ3n) is 2.83. The zero-order valence-electron chi connectivity index (χ0n) is 13.3. The van der Waals surface area contributed by atoms with E-state index in [-0.39, 0.29) is 30.2 Å². The molecule has 0 aromatic heterocycles. The molecule has 0 saturated carbocycles. The fraction of sp³-hybridized carbons (Fsp3) is 0.467. The van der Waals surface area contributed by atoms with Crippen molar-refractivity contribution in [2.45, 2.75) is 13.3 Å². The van der Waals surface area contributed by atoms with Crippen LogP contribution < -0.4 is 15.8 Å². The Labute approximate surface area is 134 Å². The summed E-state index contributed by atoms with van der Waals surface area (Å²) in [7, 11) is 1.34. The van der Waals surface area contributed by atoms with Gasteiger partial charge in [0.25, 0.3) is 5.91 Å². The molecule has 0 atom stereocenters. The highest BCUT2D eigenvalue weighted by molar-refractivity contribution is 6.02. The van der Waals surface area contributed by atoms with Crippen LogP contribution in [0.1, 0.15) is 23.7 Å². The number of amides is 2. The van der Waals surface area contributed by atoms with Gasteiger partial charge in [0.15, 0.2) is 5.75 Å². The van der Waals surface area contributed by atoms with Crippen LogP contribution >= 0.6 is 0 Å². The van der Waals surface area contributed by atoms with Gasteiger partial charge in [-0.3, -0.25) is 9.59 Å². The van der Waals surface area contributed by atoms with Crippen LogP contribution in [0.5, 0.6) is 11.5 Å². The Kier molecular flexibility index (Phi) is 7.86. The molecule has 1 aromatic carbocycles. The van der Waals surface area contributed by atoms with Crippen LogP contribution in [-0.2, 0) is 14.3 Å². The van der Waals surface area contributed by atoms with E-state index in [1.165, 1.54) is 19.2 Å². The smallest absolute Gasteiger partial charge is 0.256 e. The minimum Gasteiger partial charge on any atom is -0.505 e. The number of nitrogens with two attached hydrogens (primary N) is 1. The molecular formula is C15H22N2O6. The fourth-order valence-corrected chi connectivity index (χ4v) is 1.80. The van der Waals surface area contributed by atoms with Crippen LogP contribution in [-0.4, -0.2) is 50.5 Å². The van der Waals surface area contributed by atoms with Crippen molar-refractivity contribution in [3.63, 3.8) is 0 Å². The van der Waals surface area contributed by atoms with Gasteiger partial charge in [0.05, 0.1) is 26.0 Å². The summed E-state index contributed by atoms with van der Waals surface area (Å²) in [5, 5.41) is 12.5. The minimum atomic E-state index is -0.861. The van der Waals surface area contributed by atoms with E-state index >= 15 is 0 Å². The molecule has 2 amide bonds. The molecule has 1 rings (SSSR count). The number of methoxy groups -OCH3 is 1. The molecule has 0 aliphatic rings. The molecular weight excluding hydrogens is 304 g/mol. The van der Waals surface area contributed by atoms with Crippen LogP contribution in [0.25, 0.3) is 0 Å². The maximum Gasteiger partial charge on any atom is 0.256 e. The number of aromatic hydroxyl groups is 1. The summed E-state index contributed by atoms with van der Waals surface area (Å²) in [5.74, 6) is -1.66. The molecule has 8 nitrogen and oxygen atoms in total. The van der Waals surface area contributed by atoms with Gasteiger partial charge < -0.3 is 30.4 Å².